The van der Waals surface area contributed by atoms with Gasteiger partial charge in [0.1, 0.15) is 0 Å². The van der Waals surface area contributed by atoms with E-state index in [1.54, 1.807) is 0 Å². The molecule has 0 unspecified atom stereocenters. The number of carbonyl (C=O) groups is 1. The number of halogens is 1. The van der Waals surface area contributed by atoms with E-state index >= 15 is 0 Å². The molecule has 4 nitrogen and oxygen atoms in total. The topological polar surface area (TPSA) is 58.9 Å². The van der Waals surface area contributed by atoms with Crippen molar-refractivity contribution in [3.05, 3.63) is 34.3 Å². The molecule has 1 rings (SSSR count). The van der Waals surface area contributed by atoms with Gasteiger partial charge < -0.3 is 9.94 Å². The van der Waals surface area contributed by atoms with E-state index in [0.29, 0.717) is 6.42 Å². The van der Waals surface area contributed by atoms with Crippen molar-refractivity contribution < 1.29 is 14.7 Å². The van der Waals surface area contributed by atoms with Gasteiger partial charge in [0, 0.05) is 10.0 Å². The first-order valence-electron chi connectivity index (χ1n) is 4.80. The number of aliphatic carboxylic acids is 1. The molecule has 0 amide bonds. The second-order valence-corrected chi connectivity index (χ2v) is 3.98. The highest BCUT2D eigenvalue weighted by atomic mass is 79.9. The van der Waals surface area contributed by atoms with Crippen LogP contribution in [0.15, 0.2) is 33.9 Å². The number of carboxylic acid groups (broad SMARTS) is 1. The maximum absolute atomic E-state index is 10.3. The SMILES string of the molecule is CC/C(=N/OCC(=O)O)c1cccc(Br)c1. The van der Waals surface area contributed by atoms with E-state index in [4.69, 9.17) is 9.94 Å². The van der Waals surface area contributed by atoms with Crippen molar-refractivity contribution in [2.75, 3.05) is 6.61 Å². The van der Waals surface area contributed by atoms with E-state index in [9.17, 15) is 4.79 Å². The molecule has 0 spiro atoms. The van der Waals surface area contributed by atoms with Crippen LogP contribution in [0.5, 0.6) is 0 Å². The lowest BCUT2D eigenvalue weighted by Gasteiger charge is -2.04. The van der Waals surface area contributed by atoms with Crippen LogP contribution in [0.3, 0.4) is 0 Å². The van der Waals surface area contributed by atoms with E-state index < -0.39 is 12.6 Å². The van der Waals surface area contributed by atoms with Gasteiger partial charge in [0.15, 0.2) is 0 Å². The minimum atomic E-state index is -1.03. The van der Waals surface area contributed by atoms with Crippen molar-refractivity contribution in [3.8, 4) is 0 Å². The molecule has 0 aliphatic heterocycles. The van der Waals surface area contributed by atoms with E-state index in [0.717, 1.165) is 15.7 Å². The lowest BCUT2D eigenvalue weighted by Crippen LogP contribution is -2.06. The number of hydrogen-bond acceptors (Lipinski definition) is 3. The summed E-state index contributed by atoms with van der Waals surface area (Å²) in [6, 6.07) is 7.61. The van der Waals surface area contributed by atoms with Crippen molar-refractivity contribution in [1.82, 2.24) is 0 Å². The van der Waals surface area contributed by atoms with E-state index in [1.807, 2.05) is 31.2 Å². The second kappa shape index (κ2) is 6.27. The standard InChI is InChI=1S/C11H12BrNO3/c1-2-10(13-16-7-11(14)15)8-4-3-5-9(12)6-8/h3-6H,2,7H2,1H3,(H,14,15)/b13-10-. The summed E-state index contributed by atoms with van der Waals surface area (Å²) in [6.07, 6.45) is 0.677. The molecule has 1 aromatic carbocycles. The molecule has 0 bridgehead atoms. The molecule has 0 aliphatic carbocycles. The number of nitrogens with zero attached hydrogens (tertiary/aromatic N) is 1. The highest BCUT2D eigenvalue weighted by Crippen LogP contribution is 2.13. The summed E-state index contributed by atoms with van der Waals surface area (Å²) in [5.74, 6) is -1.03. The summed E-state index contributed by atoms with van der Waals surface area (Å²) < 4.78 is 0.949. The van der Waals surface area contributed by atoms with Crippen LogP contribution in [0.25, 0.3) is 0 Å². The molecular weight excluding hydrogens is 274 g/mol. The van der Waals surface area contributed by atoms with Gasteiger partial charge in [0.05, 0.1) is 5.71 Å². The summed E-state index contributed by atoms with van der Waals surface area (Å²) >= 11 is 3.36. The van der Waals surface area contributed by atoms with Gasteiger partial charge in [0.2, 0.25) is 6.61 Å². The first-order chi connectivity index (χ1) is 7.63. The Kier molecular flexibility index (Phi) is 4.98. The first-order valence-corrected chi connectivity index (χ1v) is 5.59. The Balaban J connectivity index is 2.77. The zero-order valence-corrected chi connectivity index (χ0v) is 10.4. The van der Waals surface area contributed by atoms with Gasteiger partial charge in [-0.2, -0.15) is 0 Å². The summed E-state index contributed by atoms with van der Waals surface area (Å²) in [4.78, 5) is 15.0. The van der Waals surface area contributed by atoms with Crippen LogP contribution in [0.2, 0.25) is 0 Å². The van der Waals surface area contributed by atoms with Gasteiger partial charge >= 0.3 is 5.97 Å². The van der Waals surface area contributed by atoms with Crippen molar-refractivity contribution >= 4 is 27.6 Å². The summed E-state index contributed by atoms with van der Waals surface area (Å²) in [6.45, 7) is 1.52. The summed E-state index contributed by atoms with van der Waals surface area (Å²) in [7, 11) is 0. The quantitative estimate of drug-likeness (QED) is 0.668. The van der Waals surface area contributed by atoms with Crippen LogP contribution >= 0.6 is 15.9 Å². The van der Waals surface area contributed by atoms with Crippen molar-refractivity contribution in [1.29, 1.82) is 0 Å². The summed E-state index contributed by atoms with van der Waals surface area (Å²) in [5.41, 5.74) is 1.64. The van der Waals surface area contributed by atoms with Gasteiger partial charge in [-0.05, 0) is 18.6 Å². The highest BCUT2D eigenvalue weighted by Gasteiger charge is 2.03. The Morgan fingerprint density at radius 2 is 2.31 bits per heavy atom. The molecule has 0 saturated heterocycles. The third-order valence-corrected chi connectivity index (χ3v) is 2.35. The predicted molar refractivity (Wildman–Crippen MR) is 64.6 cm³/mol. The van der Waals surface area contributed by atoms with Crippen molar-refractivity contribution in [2.45, 2.75) is 13.3 Å². The maximum Gasteiger partial charge on any atom is 0.344 e. The van der Waals surface area contributed by atoms with Gasteiger partial charge in [-0.15, -0.1) is 0 Å². The number of carboxylic acids is 1. The molecule has 0 radical (unpaired) electrons. The maximum atomic E-state index is 10.3. The highest BCUT2D eigenvalue weighted by molar-refractivity contribution is 9.10. The number of oxime groups is 1. The number of rotatable bonds is 5. The minimum Gasteiger partial charge on any atom is -0.479 e. The zero-order chi connectivity index (χ0) is 12.0. The number of benzene rings is 1. The smallest absolute Gasteiger partial charge is 0.344 e. The lowest BCUT2D eigenvalue weighted by molar-refractivity contribution is -0.142. The van der Waals surface area contributed by atoms with E-state index in [-0.39, 0.29) is 0 Å². The molecule has 0 aromatic heterocycles. The Labute approximate surface area is 102 Å². The average Bonchev–Trinajstić information content (AvgIpc) is 2.24. The monoisotopic (exact) mass is 285 g/mol. The average molecular weight is 286 g/mol. The predicted octanol–water partition coefficient (Wildman–Crippen LogP) is 2.66. The van der Waals surface area contributed by atoms with Gasteiger partial charge in [0.25, 0.3) is 0 Å². The molecular formula is C11H12BrNO3. The Morgan fingerprint density at radius 3 is 2.88 bits per heavy atom. The van der Waals surface area contributed by atoms with E-state index in [1.165, 1.54) is 0 Å². The molecule has 16 heavy (non-hydrogen) atoms. The Hall–Kier alpha value is -1.36. The molecule has 0 aliphatic rings. The first kappa shape index (κ1) is 12.7. The largest absolute Gasteiger partial charge is 0.479 e. The van der Waals surface area contributed by atoms with Crippen LogP contribution in [0, 0.1) is 0 Å². The van der Waals surface area contributed by atoms with Crippen LogP contribution in [-0.4, -0.2) is 23.4 Å². The molecule has 86 valence electrons. The zero-order valence-electron chi connectivity index (χ0n) is 8.81. The fourth-order valence-corrected chi connectivity index (χ4v) is 1.55. The molecule has 0 fully saturated rings. The third-order valence-electron chi connectivity index (χ3n) is 1.86. The van der Waals surface area contributed by atoms with Crippen LogP contribution < -0.4 is 0 Å². The van der Waals surface area contributed by atoms with Gasteiger partial charge in [-0.25, -0.2) is 4.79 Å². The number of hydrogen-bond donors (Lipinski definition) is 1. The minimum absolute atomic E-state index is 0.419. The Bertz CT molecular complexity index is 404. The van der Waals surface area contributed by atoms with Crippen molar-refractivity contribution in [3.63, 3.8) is 0 Å². The fourth-order valence-electron chi connectivity index (χ4n) is 1.15. The Morgan fingerprint density at radius 1 is 1.56 bits per heavy atom. The molecule has 1 aromatic rings. The van der Waals surface area contributed by atoms with Crippen LogP contribution in [0.1, 0.15) is 18.9 Å². The second-order valence-electron chi connectivity index (χ2n) is 3.07. The lowest BCUT2D eigenvalue weighted by atomic mass is 10.1. The van der Waals surface area contributed by atoms with Gasteiger partial charge in [-0.1, -0.05) is 40.1 Å². The van der Waals surface area contributed by atoms with Crippen LogP contribution in [0.4, 0.5) is 0 Å². The molecule has 0 saturated carbocycles. The molecule has 0 heterocycles. The third kappa shape index (κ3) is 4.02. The van der Waals surface area contributed by atoms with Gasteiger partial charge in [-0.3, -0.25) is 0 Å². The molecule has 1 N–H and O–H groups in total. The summed E-state index contributed by atoms with van der Waals surface area (Å²) in [5, 5.41) is 12.2. The van der Waals surface area contributed by atoms with Crippen molar-refractivity contribution in [2.24, 2.45) is 5.16 Å². The molecule has 0 atom stereocenters. The fraction of sp³-hybridized carbons (Fsp3) is 0.273. The van der Waals surface area contributed by atoms with Crippen LogP contribution in [-0.2, 0) is 9.63 Å². The normalized spacial score (nSPS) is 11.2. The van der Waals surface area contributed by atoms with E-state index in [2.05, 4.69) is 21.1 Å². The molecule has 5 heteroatoms.